The molecule has 0 unspecified atom stereocenters. The van der Waals surface area contributed by atoms with Crippen molar-refractivity contribution < 1.29 is 19.5 Å². The summed E-state index contributed by atoms with van der Waals surface area (Å²) in [6.07, 6.45) is 0. The molecule has 7 heteroatoms. The van der Waals surface area contributed by atoms with Gasteiger partial charge in [-0.15, -0.1) is 0 Å². The Morgan fingerprint density at radius 1 is 0.750 bits per heavy atom. The number of rotatable bonds is 5. The average Bonchev–Trinajstić information content (AvgIpc) is 2.68. The first kappa shape index (κ1) is 19.1. The lowest BCUT2D eigenvalue weighted by Gasteiger charge is -2.09. The van der Waals surface area contributed by atoms with Crippen molar-refractivity contribution in [2.75, 3.05) is 10.6 Å². The molecule has 2 amide bonds. The molecule has 28 heavy (non-hydrogen) atoms. The Bertz CT molecular complexity index is 1050. The maximum atomic E-state index is 12.4. The summed E-state index contributed by atoms with van der Waals surface area (Å²) in [6.45, 7) is 0. The van der Waals surface area contributed by atoms with Gasteiger partial charge in [0.2, 0.25) is 0 Å². The van der Waals surface area contributed by atoms with Gasteiger partial charge >= 0.3 is 5.97 Å². The molecule has 0 aromatic heterocycles. The molecule has 0 aliphatic carbocycles. The Morgan fingerprint density at radius 2 is 1.43 bits per heavy atom. The van der Waals surface area contributed by atoms with Gasteiger partial charge in [-0.05, 0) is 54.6 Å². The van der Waals surface area contributed by atoms with Gasteiger partial charge in [0.1, 0.15) is 0 Å². The number of nitrogens with one attached hydrogen (secondary N) is 2. The van der Waals surface area contributed by atoms with Crippen molar-refractivity contribution in [3.8, 4) is 0 Å². The first-order valence-electron chi connectivity index (χ1n) is 8.25. The number of aromatic carboxylic acids is 1. The molecule has 3 N–H and O–H groups in total. The molecule has 0 aliphatic rings. The quantitative estimate of drug-likeness (QED) is 0.591. The molecule has 140 valence electrons. The van der Waals surface area contributed by atoms with Crippen LogP contribution in [0, 0.1) is 0 Å². The van der Waals surface area contributed by atoms with Gasteiger partial charge in [0, 0.05) is 21.8 Å². The molecule has 0 spiro atoms. The minimum atomic E-state index is -1.13. The molecular weight excluding hydrogens is 380 g/mol. The van der Waals surface area contributed by atoms with E-state index in [2.05, 4.69) is 10.6 Å². The number of carbonyl (C=O) groups excluding carboxylic acids is 2. The second-order valence-corrected chi connectivity index (χ2v) is 6.28. The van der Waals surface area contributed by atoms with Crippen molar-refractivity contribution in [2.24, 2.45) is 0 Å². The lowest BCUT2D eigenvalue weighted by Crippen LogP contribution is -2.15. The van der Waals surface area contributed by atoms with E-state index in [1.54, 1.807) is 48.5 Å². The Morgan fingerprint density at radius 3 is 2.11 bits per heavy atom. The van der Waals surface area contributed by atoms with Crippen molar-refractivity contribution >= 4 is 40.8 Å². The summed E-state index contributed by atoms with van der Waals surface area (Å²) in [5.74, 6) is -1.91. The van der Waals surface area contributed by atoms with Crippen LogP contribution >= 0.6 is 11.6 Å². The average molecular weight is 395 g/mol. The highest BCUT2D eigenvalue weighted by atomic mass is 35.5. The molecule has 0 saturated heterocycles. The summed E-state index contributed by atoms with van der Waals surface area (Å²) >= 11 is 5.88. The number of hydrogen-bond acceptors (Lipinski definition) is 3. The van der Waals surface area contributed by atoms with Crippen LogP contribution in [0.5, 0.6) is 0 Å². The van der Waals surface area contributed by atoms with Crippen LogP contribution in [-0.2, 0) is 0 Å². The molecule has 0 fully saturated rings. The van der Waals surface area contributed by atoms with Gasteiger partial charge in [0.05, 0.1) is 11.3 Å². The van der Waals surface area contributed by atoms with Crippen LogP contribution in [-0.4, -0.2) is 22.9 Å². The molecule has 6 nitrogen and oxygen atoms in total. The van der Waals surface area contributed by atoms with E-state index < -0.39 is 11.9 Å². The zero-order chi connectivity index (χ0) is 20.1. The maximum Gasteiger partial charge on any atom is 0.337 e. The van der Waals surface area contributed by atoms with Gasteiger partial charge in [-0.25, -0.2) is 4.79 Å². The number of halogens is 1. The second kappa shape index (κ2) is 8.37. The van der Waals surface area contributed by atoms with Crippen LogP contribution in [0.4, 0.5) is 11.4 Å². The lowest BCUT2D eigenvalue weighted by molar-refractivity contribution is 0.0697. The second-order valence-electron chi connectivity index (χ2n) is 5.85. The first-order valence-corrected chi connectivity index (χ1v) is 8.62. The number of carbonyl (C=O) groups is 3. The minimum absolute atomic E-state index is 0.00116. The van der Waals surface area contributed by atoms with Crippen LogP contribution in [0.3, 0.4) is 0 Å². The van der Waals surface area contributed by atoms with Gasteiger partial charge in [-0.1, -0.05) is 29.8 Å². The fourth-order valence-corrected chi connectivity index (χ4v) is 2.70. The highest BCUT2D eigenvalue weighted by Gasteiger charge is 2.13. The molecule has 0 atom stereocenters. The summed E-state index contributed by atoms with van der Waals surface area (Å²) in [5, 5.41) is 14.9. The minimum Gasteiger partial charge on any atom is -0.478 e. The third kappa shape index (κ3) is 4.55. The Hall–Kier alpha value is -3.64. The highest BCUT2D eigenvalue weighted by molar-refractivity contribution is 6.31. The van der Waals surface area contributed by atoms with Crippen molar-refractivity contribution in [1.82, 2.24) is 0 Å². The fraction of sp³-hybridized carbons (Fsp3) is 0. The van der Waals surface area contributed by atoms with E-state index in [-0.39, 0.29) is 17.2 Å². The van der Waals surface area contributed by atoms with Crippen LogP contribution in [0.2, 0.25) is 5.02 Å². The summed E-state index contributed by atoms with van der Waals surface area (Å²) in [5.41, 5.74) is 1.45. The topological polar surface area (TPSA) is 95.5 Å². The molecule has 3 aromatic carbocycles. The van der Waals surface area contributed by atoms with Crippen molar-refractivity contribution in [3.05, 3.63) is 94.5 Å². The molecular formula is C21H15ClN2O4. The number of amides is 2. The molecule has 0 radical (unpaired) electrons. The van der Waals surface area contributed by atoms with Crippen molar-refractivity contribution in [2.45, 2.75) is 0 Å². The summed E-state index contributed by atoms with van der Waals surface area (Å²) in [4.78, 5) is 35.8. The number of carboxylic acid groups (broad SMARTS) is 1. The van der Waals surface area contributed by atoms with E-state index in [9.17, 15) is 19.5 Å². The maximum absolute atomic E-state index is 12.4. The van der Waals surface area contributed by atoms with E-state index >= 15 is 0 Å². The monoisotopic (exact) mass is 394 g/mol. The van der Waals surface area contributed by atoms with E-state index in [4.69, 9.17) is 11.6 Å². The summed E-state index contributed by atoms with van der Waals surface area (Å²) in [6, 6.07) is 18.9. The summed E-state index contributed by atoms with van der Waals surface area (Å²) in [7, 11) is 0. The SMILES string of the molecule is O=C(Nc1ccc(C(=O)Nc2ccccc2C(=O)O)cc1)c1cccc(Cl)c1. The van der Waals surface area contributed by atoms with Gasteiger partial charge in [-0.3, -0.25) is 9.59 Å². The molecule has 0 saturated carbocycles. The molecule has 0 bridgehead atoms. The Kier molecular flexibility index (Phi) is 5.72. The largest absolute Gasteiger partial charge is 0.478 e. The van der Waals surface area contributed by atoms with Gasteiger partial charge < -0.3 is 15.7 Å². The Balaban J connectivity index is 1.70. The normalized spacial score (nSPS) is 10.2. The lowest BCUT2D eigenvalue weighted by atomic mass is 10.1. The van der Waals surface area contributed by atoms with E-state index in [1.165, 1.54) is 24.3 Å². The third-order valence-electron chi connectivity index (χ3n) is 3.90. The molecule has 0 heterocycles. The number of anilines is 2. The van der Waals surface area contributed by atoms with Crippen LogP contribution in [0.1, 0.15) is 31.1 Å². The van der Waals surface area contributed by atoms with E-state index in [1.807, 2.05) is 0 Å². The zero-order valence-corrected chi connectivity index (χ0v) is 15.2. The highest BCUT2D eigenvalue weighted by Crippen LogP contribution is 2.18. The Labute approximate surface area is 165 Å². The molecule has 3 aromatic rings. The predicted molar refractivity (Wildman–Crippen MR) is 107 cm³/mol. The first-order chi connectivity index (χ1) is 13.4. The smallest absolute Gasteiger partial charge is 0.337 e. The number of carboxylic acids is 1. The van der Waals surface area contributed by atoms with Crippen LogP contribution in [0.15, 0.2) is 72.8 Å². The fourth-order valence-electron chi connectivity index (χ4n) is 2.51. The number of benzene rings is 3. The van der Waals surface area contributed by atoms with Crippen LogP contribution < -0.4 is 10.6 Å². The van der Waals surface area contributed by atoms with Crippen molar-refractivity contribution in [3.63, 3.8) is 0 Å². The standard InChI is InChI=1S/C21H15ClN2O4/c22-15-5-3-4-14(12-15)20(26)23-16-10-8-13(9-11-16)19(25)24-18-7-2-1-6-17(18)21(27)28/h1-12H,(H,23,26)(H,24,25)(H,27,28). The third-order valence-corrected chi connectivity index (χ3v) is 4.13. The molecule has 0 aliphatic heterocycles. The predicted octanol–water partition coefficient (Wildman–Crippen LogP) is 4.54. The van der Waals surface area contributed by atoms with E-state index in [0.29, 0.717) is 21.8 Å². The zero-order valence-electron chi connectivity index (χ0n) is 14.5. The van der Waals surface area contributed by atoms with E-state index in [0.717, 1.165) is 0 Å². The van der Waals surface area contributed by atoms with Crippen molar-refractivity contribution in [1.29, 1.82) is 0 Å². The molecule has 3 rings (SSSR count). The number of para-hydroxylation sites is 1. The number of hydrogen-bond donors (Lipinski definition) is 3. The van der Waals surface area contributed by atoms with Gasteiger partial charge in [-0.2, -0.15) is 0 Å². The summed E-state index contributed by atoms with van der Waals surface area (Å²) < 4.78 is 0. The van der Waals surface area contributed by atoms with Crippen LogP contribution in [0.25, 0.3) is 0 Å². The van der Waals surface area contributed by atoms with Gasteiger partial charge in [0.15, 0.2) is 0 Å². The van der Waals surface area contributed by atoms with Gasteiger partial charge in [0.25, 0.3) is 11.8 Å².